The fourth-order valence-corrected chi connectivity index (χ4v) is 5.40. The predicted octanol–water partition coefficient (Wildman–Crippen LogP) is 2.14. The van der Waals surface area contributed by atoms with E-state index in [2.05, 4.69) is 0 Å². The Kier molecular flexibility index (Phi) is 5.97. The van der Waals surface area contributed by atoms with Gasteiger partial charge in [-0.1, -0.05) is 35.4 Å². The molecule has 3 rings (SSSR count). The van der Waals surface area contributed by atoms with Gasteiger partial charge in [0.1, 0.15) is 25.2 Å². The van der Waals surface area contributed by atoms with Crippen molar-refractivity contribution in [3.63, 3.8) is 0 Å². The number of hydrogen-bond donors (Lipinski definition) is 0. The quantitative estimate of drug-likeness (QED) is 0.685. The smallest absolute Gasteiger partial charge is 0.325 e. The number of aryl methyl sites for hydroxylation is 2. The summed E-state index contributed by atoms with van der Waals surface area (Å²) in [6, 6.07) is 11.9. The first kappa shape index (κ1) is 21.3. The summed E-state index contributed by atoms with van der Waals surface area (Å²) in [6.07, 6.45) is 0. The zero-order valence-corrected chi connectivity index (χ0v) is 17.7. The number of carbonyl (C=O) groups is 1. The number of urea groups is 1. The van der Waals surface area contributed by atoms with E-state index in [-0.39, 0.29) is 23.3 Å². The van der Waals surface area contributed by atoms with Crippen molar-refractivity contribution in [2.45, 2.75) is 23.6 Å². The van der Waals surface area contributed by atoms with Gasteiger partial charge < -0.3 is 4.74 Å². The molecule has 2 aromatic rings. The van der Waals surface area contributed by atoms with Crippen molar-refractivity contribution in [3.8, 4) is 0 Å². The second-order valence-electron chi connectivity index (χ2n) is 6.94. The van der Waals surface area contributed by atoms with Crippen molar-refractivity contribution in [1.82, 2.24) is 9.80 Å². The van der Waals surface area contributed by atoms with E-state index >= 15 is 0 Å². The van der Waals surface area contributed by atoms with Gasteiger partial charge in [-0.15, -0.1) is 0 Å². The number of sulfone groups is 2. The van der Waals surface area contributed by atoms with Crippen LogP contribution in [0.15, 0.2) is 58.3 Å². The number of hydrogen-bond acceptors (Lipinski definition) is 6. The highest BCUT2D eigenvalue weighted by Gasteiger charge is 2.33. The lowest BCUT2D eigenvalue weighted by Crippen LogP contribution is -2.53. The summed E-state index contributed by atoms with van der Waals surface area (Å²) in [4.78, 5) is 14.8. The molecular weight excluding hydrogens is 416 g/mol. The van der Waals surface area contributed by atoms with Crippen LogP contribution in [-0.4, -0.2) is 57.9 Å². The molecule has 0 radical (unpaired) electrons. The largest absolute Gasteiger partial charge is 0.340 e. The minimum atomic E-state index is -3.78. The first-order valence-corrected chi connectivity index (χ1v) is 12.1. The Morgan fingerprint density at radius 1 is 0.724 bits per heavy atom. The molecule has 10 heteroatoms. The normalized spacial score (nSPS) is 15.6. The number of nitrogens with zero attached hydrogens (tertiary/aromatic N) is 2. The van der Waals surface area contributed by atoms with E-state index in [9.17, 15) is 21.6 Å². The Balaban J connectivity index is 1.74. The zero-order chi connectivity index (χ0) is 21.2. The highest BCUT2D eigenvalue weighted by molar-refractivity contribution is 7.91. The molecule has 0 bridgehead atoms. The van der Waals surface area contributed by atoms with Gasteiger partial charge in [0.2, 0.25) is 0 Å². The van der Waals surface area contributed by atoms with Crippen molar-refractivity contribution in [2.75, 3.05) is 25.2 Å². The van der Waals surface area contributed by atoms with Gasteiger partial charge in [-0.05, 0) is 38.1 Å². The third-order valence-electron chi connectivity index (χ3n) is 4.45. The third kappa shape index (κ3) is 4.95. The van der Waals surface area contributed by atoms with E-state index in [0.717, 1.165) is 20.9 Å². The van der Waals surface area contributed by atoms with Crippen LogP contribution in [-0.2, 0) is 24.4 Å². The lowest BCUT2D eigenvalue weighted by molar-refractivity contribution is -0.0397. The van der Waals surface area contributed by atoms with E-state index < -0.39 is 37.5 Å². The summed E-state index contributed by atoms with van der Waals surface area (Å²) in [7, 11) is -7.57. The number of amides is 2. The van der Waals surface area contributed by atoms with Crippen molar-refractivity contribution < 1.29 is 26.4 Å². The monoisotopic (exact) mass is 438 g/mol. The lowest BCUT2D eigenvalue weighted by Gasteiger charge is -2.34. The molecule has 1 fully saturated rings. The molecule has 0 N–H and O–H groups in total. The molecule has 0 unspecified atom stereocenters. The van der Waals surface area contributed by atoms with Crippen LogP contribution in [0, 0.1) is 13.8 Å². The van der Waals surface area contributed by atoms with Crippen LogP contribution in [0.25, 0.3) is 0 Å². The SMILES string of the molecule is Cc1ccc(S(=O)(=O)CN2COCN(CS(=O)(=O)c3ccc(C)cc3)C2=O)cc1. The Morgan fingerprint density at radius 3 is 1.41 bits per heavy atom. The minimum absolute atomic E-state index is 0.0836. The predicted molar refractivity (Wildman–Crippen MR) is 106 cm³/mol. The van der Waals surface area contributed by atoms with Crippen LogP contribution in [0.4, 0.5) is 4.79 Å². The molecule has 8 nitrogen and oxygen atoms in total. The van der Waals surface area contributed by atoms with Gasteiger partial charge >= 0.3 is 6.03 Å². The summed E-state index contributed by atoms with van der Waals surface area (Å²) in [5.41, 5.74) is 1.82. The maximum atomic E-state index is 12.7. The maximum Gasteiger partial charge on any atom is 0.325 e. The molecule has 0 aliphatic carbocycles. The lowest BCUT2D eigenvalue weighted by atomic mass is 10.2. The van der Waals surface area contributed by atoms with Gasteiger partial charge in [0.25, 0.3) is 0 Å². The first-order chi connectivity index (χ1) is 13.6. The van der Waals surface area contributed by atoms with E-state index in [1.807, 2.05) is 13.8 Å². The molecule has 156 valence electrons. The second kappa shape index (κ2) is 8.13. The molecule has 1 heterocycles. The average Bonchev–Trinajstić information content (AvgIpc) is 2.65. The van der Waals surface area contributed by atoms with Gasteiger partial charge in [0, 0.05) is 0 Å². The second-order valence-corrected chi connectivity index (χ2v) is 10.9. The van der Waals surface area contributed by atoms with Crippen LogP contribution in [0.3, 0.4) is 0 Å². The van der Waals surface area contributed by atoms with E-state index in [1.54, 1.807) is 24.3 Å². The maximum absolute atomic E-state index is 12.7. The number of rotatable bonds is 6. The summed E-state index contributed by atoms with van der Waals surface area (Å²) < 4.78 is 55.7. The van der Waals surface area contributed by atoms with Gasteiger partial charge in [-0.2, -0.15) is 0 Å². The van der Waals surface area contributed by atoms with Crippen LogP contribution >= 0.6 is 0 Å². The Bertz CT molecular complexity index is 1010. The Labute approximate surface area is 170 Å². The Morgan fingerprint density at radius 2 is 1.07 bits per heavy atom. The van der Waals surface area contributed by atoms with E-state index in [1.165, 1.54) is 24.3 Å². The first-order valence-electron chi connectivity index (χ1n) is 8.79. The molecule has 29 heavy (non-hydrogen) atoms. The van der Waals surface area contributed by atoms with Crippen molar-refractivity contribution in [1.29, 1.82) is 0 Å². The standard InChI is InChI=1S/C19H22N2O6S2/c1-15-3-7-17(8-4-15)28(23,24)13-20-11-27-12-21(19(20)22)14-29(25,26)18-9-5-16(2)6-10-18/h3-10H,11-14H2,1-2H3. The zero-order valence-electron chi connectivity index (χ0n) is 16.1. The fraction of sp³-hybridized carbons (Fsp3) is 0.316. The highest BCUT2D eigenvalue weighted by Crippen LogP contribution is 2.19. The van der Waals surface area contributed by atoms with E-state index in [4.69, 9.17) is 4.74 Å². The molecular formula is C19H22N2O6S2. The molecule has 0 atom stereocenters. The fourth-order valence-electron chi connectivity index (χ4n) is 2.81. The van der Waals surface area contributed by atoms with Gasteiger partial charge in [-0.3, -0.25) is 9.80 Å². The van der Waals surface area contributed by atoms with Crippen molar-refractivity contribution in [3.05, 3.63) is 59.7 Å². The topological polar surface area (TPSA) is 101 Å². The molecule has 1 saturated heterocycles. The Hall–Kier alpha value is -2.43. The van der Waals surface area contributed by atoms with Crippen molar-refractivity contribution >= 4 is 25.7 Å². The molecule has 1 aliphatic rings. The van der Waals surface area contributed by atoms with Gasteiger partial charge in [0.05, 0.1) is 9.79 Å². The molecule has 1 aliphatic heterocycles. The van der Waals surface area contributed by atoms with Gasteiger partial charge in [-0.25, -0.2) is 21.6 Å². The summed E-state index contributed by atoms with van der Waals surface area (Å²) in [5, 5.41) is 0. The van der Waals surface area contributed by atoms with Crippen LogP contribution in [0.2, 0.25) is 0 Å². The van der Waals surface area contributed by atoms with Crippen molar-refractivity contribution in [2.24, 2.45) is 0 Å². The van der Waals surface area contributed by atoms with Gasteiger partial charge in [0.15, 0.2) is 19.7 Å². The van der Waals surface area contributed by atoms with Crippen LogP contribution in [0.1, 0.15) is 11.1 Å². The highest BCUT2D eigenvalue weighted by atomic mass is 32.2. The van der Waals surface area contributed by atoms with E-state index in [0.29, 0.717) is 0 Å². The summed E-state index contributed by atoms with van der Waals surface area (Å²) in [6.45, 7) is 3.21. The summed E-state index contributed by atoms with van der Waals surface area (Å²) in [5.74, 6) is -1.20. The third-order valence-corrected chi connectivity index (χ3v) is 7.73. The average molecular weight is 439 g/mol. The van der Waals surface area contributed by atoms with Crippen LogP contribution < -0.4 is 0 Å². The summed E-state index contributed by atoms with van der Waals surface area (Å²) >= 11 is 0. The molecule has 2 aromatic carbocycles. The minimum Gasteiger partial charge on any atom is -0.340 e. The molecule has 0 aromatic heterocycles. The molecule has 2 amide bonds. The molecule has 0 saturated carbocycles. The number of ether oxygens (including phenoxy) is 1. The number of carbonyl (C=O) groups excluding carboxylic acids is 1. The number of benzene rings is 2. The van der Waals surface area contributed by atoms with Crippen LogP contribution in [0.5, 0.6) is 0 Å². The molecule has 0 spiro atoms.